The van der Waals surface area contributed by atoms with Gasteiger partial charge in [-0.2, -0.15) is 0 Å². The zero-order chi connectivity index (χ0) is 19.9. The Hall–Kier alpha value is -1.83. The number of amides is 4. The van der Waals surface area contributed by atoms with E-state index >= 15 is 0 Å². The van der Waals surface area contributed by atoms with Gasteiger partial charge in [-0.25, -0.2) is 4.79 Å². The van der Waals surface area contributed by atoms with Crippen LogP contribution in [0.5, 0.6) is 0 Å². The lowest BCUT2D eigenvalue weighted by atomic mass is 9.96. The van der Waals surface area contributed by atoms with Crippen molar-refractivity contribution in [3.05, 3.63) is 0 Å². The van der Waals surface area contributed by atoms with Crippen LogP contribution < -0.4 is 10.6 Å². The topological polar surface area (TPSA) is 91.0 Å². The van der Waals surface area contributed by atoms with Gasteiger partial charge in [0.2, 0.25) is 11.8 Å². The van der Waals surface area contributed by atoms with E-state index in [0.29, 0.717) is 57.6 Å². The van der Waals surface area contributed by atoms with Gasteiger partial charge in [-0.15, -0.1) is 0 Å². The Morgan fingerprint density at radius 1 is 1.11 bits per heavy atom. The second kappa shape index (κ2) is 10.1. The quantitative estimate of drug-likeness (QED) is 0.567. The molecule has 1 unspecified atom stereocenters. The third-order valence-electron chi connectivity index (χ3n) is 6.03. The van der Waals surface area contributed by atoms with Crippen LogP contribution in [0, 0.1) is 17.8 Å². The van der Waals surface area contributed by atoms with Crippen molar-refractivity contribution in [2.75, 3.05) is 53.0 Å². The molecule has 0 radical (unpaired) electrons. The Kier molecular flexibility index (Phi) is 7.53. The average molecular weight is 395 g/mol. The van der Waals surface area contributed by atoms with Gasteiger partial charge in [-0.05, 0) is 43.9 Å². The smallest absolute Gasteiger partial charge is 0.317 e. The first-order chi connectivity index (χ1) is 13.6. The predicted molar refractivity (Wildman–Crippen MR) is 105 cm³/mol. The summed E-state index contributed by atoms with van der Waals surface area (Å²) in [6.45, 7) is 4.70. The van der Waals surface area contributed by atoms with E-state index in [9.17, 15) is 14.4 Å². The van der Waals surface area contributed by atoms with Crippen molar-refractivity contribution < 1.29 is 19.1 Å². The number of carbonyl (C=O) groups is 3. The van der Waals surface area contributed by atoms with Crippen molar-refractivity contribution in [2.24, 2.45) is 17.8 Å². The van der Waals surface area contributed by atoms with Gasteiger partial charge in [0.05, 0.1) is 5.92 Å². The van der Waals surface area contributed by atoms with Crippen LogP contribution in [0.15, 0.2) is 0 Å². The zero-order valence-corrected chi connectivity index (χ0v) is 17.0. The lowest BCUT2D eigenvalue weighted by Crippen LogP contribution is -2.46. The van der Waals surface area contributed by atoms with E-state index in [-0.39, 0.29) is 23.8 Å². The first kappa shape index (κ1) is 20.9. The normalized spacial score (nSPS) is 23.2. The molecule has 1 atom stereocenters. The number of hydrogen-bond acceptors (Lipinski definition) is 4. The number of rotatable bonds is 9. The SMILES string of the molecule is COCCCNC(=O)N1CCC(CN2CC(C(=O)NCC3CC3)CC2=O)CC1. The number of piperidine rings is 1. The maximum Gasteiger partial charge on any atom is 0.317 e. The molecule has 2 heterocycles. The summed E-state index contributed by atoms with van der Waals surface area (Å²) in [7, 11) is 1.65. The molecule has 1 saturated carbocycles. The lowest BCUT2D eigenvalue weighted by Gasteiger charge is -2.34. The zero-order valence-electron chi connectivity index (χ0n) is 17.0. The molecule has 3 fully saturated rings. The number of likely N-dealkylation sites (tertiary alicyclic amines) is 2. The highest BCUT2D eigenvalue weighted by molar-refractivity contribution is 5.89. The molecule has 0 aromatic heterocycles. The summed E-state index contributed by atoms with van der Waals surface area (Å²) in [6, 6.07) is -0.0146. The third-order valence-corrected chi connectivity index (χ3v) is 6.03. The molecule has 2 N–H and O–H groups in total. The summed E-state index contributed by atoms with van der Waals surface area (Å²) < 4.78 is 4.98. The van der Waals surface area contributed by atoms with Crippen molar-refractivity contribution in [1.29, 1.82) is 0 Å². The summed E-state index contributed by atoms with van der Waals surface area (Å²) >= 11 is 0. The van der Waals surface area contributed by atoms with Crippen molar-refractivity contribution in [3.8, 4) is 0 Å². The van der Waals surface area contributed by atoms with E-state index in [1.54, 1.807) is 7.11 Å². The van der Waals surface area contributed by atoms with Crippen LogP contribution in [-0.4, -0.2) is 80.6 Å². The summed E-state index contributed by atoms with van der Waals surface area (Å²) in [5.41, 5.74) is 0. The molecule has 3 rings (SSSR count). The molecule has 0 aromatic rings. The van der Waals surface area contributed by atoms with Gasteiger partial charge in [0.15, 0.2) is 0 Å². The van der Waals surface area contributed by atoms with E-state index in [0.717, 1.165) is 25.8 Å². The largest absolute Gasteiger partial charge is 0.385 e. The second-order valence-electron chi connectivity index (χ2n) is 8.40. The monoisotopic (exact) mass is 394 g/mol. The fourth-order valence-corrected chi connectivity index (χ4v) is 3.99. The molecule has 2 saturated heterocycles. The maximum atomic E-state index is 12.3. The van der Waals surface area contributed by atoms with Crippen LogP contribution in [0.25, 0.3) is 0 Å². The maximum absolute atomic E-state index is 12.3. The highest BCUT2D eigenvalue weighted by atomic mass is 16.5. The molecule has 0 bridgehead atoms. The van der Waals surface area contributed by atoms with Gasteiger partial charge >= 0.3 is 6.03 Å². The molecule has 0 aromatic carbocycles. The average Bonchev–Trinajstić information content (AvgIpc) is 3.46. The molecule has 1 aliphatic carbocycles. The van der Waals surface area contributed by atoms with Gasteiger partial charge in [0.1, 0.15) is 0 Å². The number of nitrogens with zero attached hydrogens (tertiary/aromatic N) is 2. The van der Waals surface area contributed by atoms with E-state index in [1.807, 2.05) is 9.80 Å². The number of carbonyl (C=O) groups excluding carboxylic acids is 3. The number of nitrogens with one attached hydrogen (secondary N) is 2. The van der Waals surface area contributed by atoms with E-state index in [2.05, 4.69) is 10.6 Å². The van der Waals surface area contributed by atoms with Crippen LogP contribution >= 0.6 is 0 Å². The molecule has 4 amide bonds. The minimum atomic E-state index is -0.204. The molecule has 0 spiro atoms. The van der Waals surface area contributed by atoms with Crippen LogP contribution in [0.3, 0.4) is 0 Å². The summed E-state index contributed by atoms with van der Waals surface area (Å²) in [5, 5.41) is 5.92. The summed E-state index contributed by atoms with van der Waals surface area (Å²) in [4.78, 5) is 40.4. The minimum Gasteiger partial charge on any atom is -0.385 e. The Morgan fingerprint density at radius 3 is 2.54 bits per heavy atom. The lowest BCUT2D eigenvalue weighted by molar-refractivity contribution is -0.129. The standard InChI is InChI=1S/C20H34N4O4/c1-28-10-2-7-21-20(27)23-8-5-16(6-9-23)13-24-14-17(11-18(24)25)19(26)22-12-15-3-4-15/h15-17H,2-14H2,1H3,(H,21,27)(H,22,26). The Bertz CT molecular complexity index is 558. The summed E-state index contributed by atoms with van der Waals surface area (Å²) in [5.74, 6) is 0.964. The van der Waals surface area contributed by atoms with Crippen molar-refractivity contribution >= 4 is 17.8 Å². The van der Waals surface area contributed by atoms with Gasteiger partial charge in [-0.1, -0.05) is 0 Å². The van der Waals surface area contributed by atoms with Crippen molar-refractivity contribution in [1.82, 2.24) is 20.4 Å². The summed E-state index contributed by atoms with van der Waals surface area (Å²) in [6.07, 6.45) is 5.35. The third kappa shape index (κ3) is 6.09. The number of hydrogen-bond donors (Lipinski definition) is 2. The molecule has 158 valence electrons. The molecule has 8 nitrogen and oxygen atoms in total. The Labute approximate surface area is 167 Å². The van der Waals surface area contributed by atoms with Gasteiger partial charge in [-0.3, -0.25) is 9.59 Å². The van der Waals surface area contributed by atoms with Gasteiger partial charge in [0.25, 0.3) is 0 Å². The molecular formula is C20H34N4O4. The van der Waals surface area contributed by atoms with Crippen LogP contribution in [0.2, 0.25) is 0 Å². The van der Waals surface area contributed by atoms with Gasteiger partial charge < -0.3 is 25.2 Å². The Balaban J connectivity index is 1.34. The first-order valence-electron chi connectivity index (χ1n) is 10.6. The second-order valence-corrected chi connectivity index (χ2v) is 8.40. The first-order valence-corrected chi connectivity index (χ1v) is 10.6. The number of methoxy groups -OCH3 is 1. The van der Waals surface area contributed by atoms with Crippen molar-refractivity contribution in [2.45, 2.75) is 38.5 Å². The van der Waals surface area contributed by atoms with Crippen LogP contribution in [0.4, 0.5) is 4.79 Å². The van der Waals surface area contributed by atoms with Gasteiger partial charge in [0, 0.05) is 59.4 Å². The number of ether oxygens (including phenoxy) is 1. The molecule has 8 heteroatoms. The van der Waals surface area contributed by atoms with Crippen LogP contribution in [0.1, 0.15) is 38.5 Å². The highest BCUT2D eigenvalue weighted by Crippen LogP contribution is 2.28. The molecule has 28 heavy (non-hydrogen) atoms. The molecular weight excluding hydrogens is 360 g/mol. The number of urea groups is 1. The van der Waals surface area contributed by atoms with E-state index < -0.39 is 0 Å². The molecule has 2 aliphatic heterocycles. The van der Waals surface area contributed by atoms with Crippen molar-refractivity contribution in [3.63, 3.8) is 0 Å². The predicted octanol–water partition coefficient (Wildman–Crippen LogP) is 0.819. The fraction of sp³-hybridized carbons (Fsp3) is 0.850. The van der Waals surface area contributed by atoms with Crippen LogP contribution in [-0.2, 0) is 14.3 Å². The highest BCUT2D eigenvalue weighted by Gasteiger charge is 2.36. The Morgan fingerprint density at radius 2 is 1.86 bits per heavy atom. The van der Waals surface area contributed by atoms with E-state index in [1.165, 1.54) is 12.8 Å². The fourth-order valence-electron chi connectivity index (χ4n) is 3.99. The van der Waals surface area contributed by atoms with E-state index in [4.69, 9.17) is 4.74 Å². The minimum absolute atomic E-state index is 0.0146. The molecule has 3 aliphatic rings.